The Kier molecular flexibility index (Phi) is 7.28. The minimum absolute atomic E-state index is 0.0291. The summed E-state index contributed by atoms with van der Waals surface area (Å²) < 4.78 is 22.9. The second-order valence-corrected chi connectivity index (χ2v) is 8.98. The number of rotatable bonds is 8. The van der Waals surface area contributed by atoms with Gasteiger partial charge in [-0.25, -0.2) is 8.42 Å². The Morgan fingerprint density at radius 3 is 2.27 bits per heavy atom. The monoisotopic (exact) mass is 333 g/mol. The fourth-order valence-electron chi connectivity index (χ4n) is 2.97. The molecule has 1 N–H and O–H groups in total. The van der Waals surface area contributed by atoms with Crippen molar-refractivity contribution in [2.24, 2.45) is 0 Å². The number of hydrogen-bond acceptors (Lipinski definition) is 5. The van der Waals surface area contributed by atoms with E-state index in [1.165, 1.54) is 0 Å². The Labute approximate surface area is 135 Å². The van der Waals surface area contributed by atoms with Crippen LogP contribution in [0.5, 0.6) is 0 Å². The lowest BCUT2D eigenvalue weighted by Crippen LogP contribution is -2.45. The topological polar surface area (TPSA) is 69.7 Å². The zero-order valence-corrected chi connectivity index (χ0v) is 15.3. The molecule has 1 fully saturated rings. The van der Waals surface area contributed by atoms with Crippen molar-refractivity contribution in [1.29, 1.82) is 0 Å². The van der Waals surface area contributed by atoms with E-state index in [0.29, 0.717) is 25.0 Å². The molecule has 6 nitrogen and oxygen atoms in total. The molecule has 0 spiro atoms. The highest BCUT2D eigenvalue weighted by atomic mass is 32.2. The molecule has 1 unspecified atom stereocenters. The van der Waals surface area contributed by atoms with E-state index in [1.54, 1.807) is 0 Å². The van der Waals surface area contributed by atoms with Gasteiger partial charge in [-0.3, -0.25) is 14.6 Å². The van der Waals surface area contributed by atoms with Crippen molar-refractivity contribution in [2.45, 2.75) is 52.2 Å². The van der Waals surface area contributed by atoms with Crippen molar-refractivity contribution in [3.8, 4) is 0 Å². The van der Waals surface area contributed by atoms with Crippen molar-refractivity contribution >= 4 is 15.7 Å². The fourth-order valence-corrected chi connectivity index (χ4v) is 4.78. The van der Waals surface area contributed by atoms with Crippen molar-refractivity contribution in [3.63, 3.8) is 0 Å². The molecule has 0 saturated carbocycles. The third-order valence-corrected chi connectivity index (χ3v) is 5.99. The molecule has 0 aromatic carbocycles. The molecule has 0 aliphatic carbocycles. The first-order valence-electron chi connectivity index (χ1n) is 8.05. The Bertz CT molecular complexity index is 455. The number of likely N-dealkylation sites (N-methyl/N-ethyl adjacent to an activating group) is 1. The maximum Gasteiger partial charge on any atom is 0.234 e. The third-order valence-electron chi connectivity index (χ3n) is 4.24. The molecular formula is C15H31N3O3S. The largest absolute Gasteiger partial charge is 0.354 e. The van der Waals surface area contributed by atoms with Crippen LogP contribution < -0.4 is 5.32 Å². The van der Waals surface area contributed by atoms with Gasteiger partial charge in [-0.1, -0.05) is 0 Å². The molecule has 1 rings (SSSR count). The highest BCUT2D eigenvalue weighted by Crippen LogP contribution is 2.15. The molecule has 0 aromatic heterocycles. The van der Waals surface area contributed by atoms with Gasteiger partial charge in [0.1, 0.15) is 0 Å². The van der Waals surface area contributed by atoms with E-state index in [9.17, 15) is 13.2 Å². The molecule has 1 aliphatic rings. The molecule has 22 heavy (non-hydrogen) atoms. The lowest BCUT2D eigenvalue weighted by Gasteiger charge is -2.30. The maximum atomic E-state index is 12.0. The summed E-state index contributed by atoms with van der Waals surface area (Å²) in [7, 11) is -1.08. The highest BCUT2D eigenvalue weighted by Gasteiger charge is 2.31. The number of nitrogens with zero attached hydrogens (tertiary/aromatic N) is 2. The minimum Gasteiger partial charge on any atom is -0.354 e. The van der Waals surface area contributed by atoms with E-state index < -0.39 is 9.84 Å². The summed E-state index contributed by atoms with van der Waals surface area (Å²) in [5.41, 5.74) is 0. The summed E-state index contributed by atoms with van der Waals surface area (Å²) in [6.45, 7) is 10.3. The van der Waals surface area contributed by atoms with Crippen LogP contribution in [-0.2, 0) is 14.6 Å². The van der Waals surface area contributed by atoms with Crippen LogP contribution in [0.4, 0.5) is 0 Å². The van der Waals surface area contributed by atoms with Gasteiger partial charge in [0, 0.05) is 31.2 Å². The molecule has 1 amide bonds. The van der Waals surface area contributed by atoms with Gasteiger partial charge in [0.2, 0.25) is 5.91 Å². The predicted octanol–water partition coefficient (Wildman–Crippen LogP) is 0.340. The van der Waals surface area contributed by atoms with Crippen molar-refractivity contribution in [2.75, 3.05) is 38.2 Å². The van der Waals surface area contributed by atoms with Gasteiger partial charge in [0.05, 0.1) is 18.1 Å². The second-order valence-electron chi connectivity index (χ2n) is 6.75. The molecule has 1 aliphatic heterocycles. The summed E-state index contributed by atoms with van der Waals surface area (Å²) in [6.07, 6.45) is 0.626. The lowest BCUT2D eigenvalue weighted by molar-refractivity contribution is -0.122. The Hall–Kier alpha value is -0.660. The van der Waals surface area contributed by atoms with Gasteiger partial charge in [0.25, 0.3) is 0 Å². The van der Waals surface area contributed by atoms with Crippen molar-refractivity contribution in [3.05, 3.63) is 0 Å². The van der Waals surface area contributed by atoms with Crippen LogP contribution in [0.15, 0.2) is 0 Å². The van der Waals surface area contributed by atoms with Crippen LogP contribution in [-0.4, -0.2) is 80.4 Å². The van der Waals surface area contributed by atoms with E-state index in [-0.39, 0.29) is 30.0 Å². The summed E-state index contributed by atoms with van der Waals surface area (Å²) in [6, 6.07) is 0.866. The smallest absolute Gasteiger partial charge is 0.234 e. The maximum absolute atomic E-state index is 12.0. The minimum atomic E-state index is -2.90. The molecular weight excluding hydrogens is 302 g/mol. The van der Waals surface area contributed by atoms with Crippen LogP contribution in [0.1, 0.15) is 34.1 Å². The molecule has 0 bridgehead atoms. The Balaban J connectivity index is 2.31. The molecule has 0 radical (unpaired) electrons. The van der Waals surface area contributed by atoms with E-state index in [4.69, 9.17) is 0 Å². The molecule has 1 atom stereocenters. The van der Waals surface area contributed by atoms with Crippen LogP contribution in [0.3, 0.4) is 0 Å². The second kappa shape index (κ2) is 8.26. The van der Waals surface area contributed by atoms with E-state index >= 15 is 0 Å². The van der Waals surface area contributed by atoms with E-state index in [2.05, 4.69) is 37.9 Å². The van der Waals surface area contributed by atoms with Gasteiger partial charge >= 0.3 is 0 Å². The quantitative estimate of drug-likeness (QED) is 0.694. The number of hydrogen-bond donors (Lipinski definition) is 1. The van der Waals surface area contributed by atoms with Crippen molar-refractivity contribution < 1.29 is 13.2 Å². The van der Waals surface area contributed by atoms with Crippen LogP contribution in [0, 0.1) is 0 Å². The van der Waals surface area contributed by atoms with Gasteiger partial charge in [-0.05, 0) is 41.2 Å². The summed E-state index contributed by atoms with van der Waals surface area (Å²) in [4.78, 5) is 16.1. The fraction of sp³-hybridized carbons (Fsp3) is 0.933. The first-order chi connectivity index (χ1) is 10.1. The standard InChI is InChI=1S/C15H31N3O3S/c1-12(2)18(13(3)4)8-7-16-15(19)10-17(5)14-6-9-22(20,21)11-14/h12-14H,6-11H2,1-5H3,(H,16,19). The number of nitrogens with one attached hydrogen (secondary N) is 1. The lowest BCUT2D eigenvalue weighted by atomic mass is 10.2. The number of amides is 1. The van der Waals surface area contributed by atoms with Gasteiger partial charge in [-0.2, -0.15) is 0 Å². The normalized spacial score (nSPS) is 21.2. The first-order valence-corrected chi connectivity index (χ1v) is 9.87. The SMILES string of the molecule is CC(C)N(CCNC(=O)CN(C)C1CCS(=O)(=O)C1)C(C)C. The number of carbonyl (C=O) groups excluding carboxylic acids is 1. The molecule has 0 aromatic rings. The summed E-state index contributed by atoms with van der Waals surface area (Å²) >= 11 is 0. The molecule has 1 heterocycles. The zero-order valence-electron chi connectivity index (χ0n) is 14.5. The third kappa shape index (κ3) is 6.22. The number of sulfone groups is 1. The van der Waals surface area contributed by atoms with Crippen LogP contribution in [0.2, 0.25) is 0 Å². The molecule has 7 heteroatoms. The Morgan fingerprint density at radius 1 is 1.23 bits per heavy atom. The summed E-state index contributed by atoms with van der Waals surface area (Å²) in [5, 5.41) is 2.93. The van der Waals surface area contributed by atoms with E-state index in [0.717, 1.165) is 6.54 Å². The molecule has 130 valence electrons. The van der Waals surface area contributed by atoms with Gasteiger partial charge < -0.3 is 5.32 Å². The van der Waals surface area contributed by atoms with Gasteiger partial charge in [-0.15, -0.1) is 0 Å². The summed E-state index contributed by atoms with van der Waals surface area (Å²) in [5.74, 6) is 0.367. The Morgan fingerprint density at radius 2 is 1.82 bits per heavy atom. The predicted molar refractivity (Wildman–Crippen MR) is 89.7 cm³/mol. The first kappa shape index (κ1) is 19.4. The van der Waals surface area contributed by atoms with Gasteiger partial charge in [0.15, 0.2) is 9.84 Å². The average molecular weight is 333 g/mol. The number of carbonyl (C=O) groups is 1. The zero-order chi connectivity index (χ0) is 16.9. The molecule has 1 saturated heterocycles. The van der Waals surface area contributed by atoms with Crippen LogP contribution in [0.25, 0.3) is 0 Å². The van der Waals surface area contributed by atoms with Crippen LogP contribution >= 0.6 is 0 Å². The van der Waals surface area contributed by atoms with Crippen molar-refractivity contribution in [1.82, 2.24) is 15.1 Å². The highest BCUT2D eigenvalue weighted by molar-refractivity contribution is 7.91. The average Bonchev–Trinajstić information content (AvgIpc) is 2.74. The van der Waals surface area contributed by atoms with E-state index in [1.807, 2.05) is 11.9 Å².